The van der Waals surface area contributed by atoms with E-state index in [0.29, 0.717) is 46.0 Å². The number of halogens is 2. The lowest BCUT2D eigenvalue weighted by Gasteiger charge is -2.05. The summed E-state index contributed by atoms with van der Waals surface area (Å²) in [7, 11) is 0. The zero-order chi connectivity index (χ0) is 17.4. The molecule has 0 spiro atoms. The number of hydrogen-bond acceptors (Lipinski definition) is 3. The number of pyridine rings is 1. The lowest BCUT2D eigenvalue weighted by Crippen LogP contribution is -2.35. The molecule has 3 aromatic rings. The Morgan fingerprint density at radius 2 is 2.24 bits per heavy atom. The van der Waals surface area contributed by atoms with Crippen LogP contribution in [0.1, 0.15) is 41.4 Å². The first kappa shape index (κ1) is 16.4. The Labute approximate surface area is 153 Å². The number of nitrogens with one attached hydrogen (secondary N) is 3. The Hall–Kier alpha value is -2.12. The number of aromatic amines is 2. The van der Waals surface area contributed by atoms with Gasteiger partial charge in [-0.05, 0) is 42.1 Å². The highest BCUT2D eigenvalue weighted by atomic mass is 35.5. The minimum atomic E-state index is -0.137. The van der Waals surface area contributed by atoms with Gasteiger partial charge in [0.1, 0.15) is 5.82 Å². The van der Waals surface area contributed by atoms with E-state index in [2.05, 4.69) is 25.3 Å². The highest BCUT2D eigenvalue weighted by Gasteiger charge is 2.27. The third kappa shape index (κ3) is 3.34. The molecule has 25 heavy (non-hydrogen) atoms. The summed E-state index contributed by atoms with van der Waals surface area (Å²) in [4.78, 5) is 27.3. The molecule has 1 amide bonds. The van der Waals surface area contributed by atoms with Crippen molar-refractivity contribution in [3.05, 3.63) is 40.3 Å². The van der Waals surface area contributed by atoms with Crippen molar-refractivity contribution < 1.29 is 9.36 Å². The monoisotopic (exact) mass is 379 g/mol. The minimum Gasteiger partial charge on any atom is -0.352 e. The zero-order valence-corrected chi connectivity index (χ0v) is 14.9. The fourth-order valence-electron chi connectivity index (χ4n) is 2.75. The van der Waals surface area contributed by atoms with E-state index in [0.717, 1.165) is 25.1 Å². The first-order valence-electron chi connectivity index (χ1n) is 8.18. The molecule has 4 rings (SSSR count). The van der Waals surface area contributed by atoms with Crippen LogP contribution < -0.4 is 9.88 Å². The van der Waals surface area contributed by atoms with Gasteiger partial charge in [-0.25, -0.2) is 19.5 Å². The van der Waals surface area contributed by atoms with E-state index in [1.807, 2.05) is 0 Å². The molecule has 3 aromatic heterocycles. The van der Waals surface area contributed by atoms with Crippen LogP contribution in [0.15, 0.2) is 18.6 Å². The molecule has 1 aliphatic rings. The number of H-pyrrole nitrogens is 2. The number of carbonyl (C=O) groups is 1. The Morgan fingerprint density at radius 1 is 1.40 bits per heavy atom. The number of nitrogens with zero attached hydrogens (tertiary/aromatic N) is 3. The maximum absolute atomic E-state index is 12.5. The first-order chi connectivity index (χ1) is 12.1. The molecular weight excluding hydrogens is 363 g/mol. The number of aromatic nitrogens is 5. The number of fused-ring (bicyclic) bond motifs is 1. The highest BCUT2D eigenvalue weighted by molar-refractivity contribution is 6.39. The molecule has 0 bridgehead atoms. The Morgan fingerprint density at radius 3 is 2.96 bits per heavy atom. The average Bonchev–Trinajstić information content (AvgIpc) is 3.30. The van der Waals surface area contributed by atoms with E-state index in [-0.39, 0.29) is 5.91 Å². The fourth-order valence-corrected chi connectivity index (χ4v) is 3.10. The predicted octanol–water partition coefficient (Wildman–Crippen LogP) is 2.58. The van der Waals surface area contributed by atoms with Gasteiger partial charge in [0.2, 0.25) is 6.33 Å². The van der Waals surface area contributed by atoms with Crippen LogP contribution in [0.5, 0.6) is 0 Å². The van der Waals surface area contributed by atoms with Crippen LogP contribution in [0.3, 0.4) is 0 Å². The number of aryl methyl sites for hydroxylation is 1. The van der Waals surface area contributed by atoms with Crippen LogP contribution >= 0.6 is 23.2 Å². The summed E-state index contributed by atoms with van der Waals surface area (Å²) in [5.41, 5.74) is 1.87. The summed E-state index contributed by atoms with van der Waals surface area (Å²) < 4.78 is 1.80. The second-order valence-electron chi connectivity index (χ2n) is 6.13. The minimum absolute atomic E-state index is 0.137. The van der Waals surface area contributed by atoms with E-state index in [1.165, 1.54) is 0 Å². The molecule has 1 fully saturated rings. The average molecular weight is 380 g/mol. The smallest absolute Gasteiger partial charge is 0.254 e. The van der Waals surface area contributed by atoms with E-state index in [1.54, 1.807) is 23.2 Å². The maximum Gasteiger partial charge on any atom is 0.254 e. The third-order valence-electron chi connectivity index (χ3n) is 4.26. The Balaban J connectivity index is 1.39. The summed E-state index contributed by atoms with van der Waals surface area (Å²) in [6, 6.07) is 1.71. The van der Waals surface area contributed by atoms with Gasteiger partial charge in [0.25, 0.3) is 16.2 Å². The van der Waals surface area contributed by atoms with E-state index < -0.39 is 0 Å². The van der Waals surface area contributed by atoms with Crippen molar-refractivity contribution in [1.29, 1.82) is 0 Å². The highest BCUT2D eigenvalue weighted by Crippen LogP contribution is 2.39. The molecule has 0 atom stereocenters. The van der Waals surface area contributed by atoms with Crippen LogP contribution in [0, 0.1) is 0 Å². The van der Waals surface area contributed by atoms with Gasteiger partial charge in [0, 0.05) is 25.1 Å². The van der Waals surface area contributed by atoms with Gasteiger partial charge in [-0.1, -0.05) is 0 Å². The molecule has 130 valence electrons. The van der Waals surface area contributed by atoms with Crippen LogP contribution in [0.4, 0.5) is 0 Å². The summed E-state index contributed by atoms with van der Waals surface area (Å²) in [5, 5.41) is 3.81. The molecule has 1 aliphatic carbocycles. The molecule has 0 aliphatic heterocycles. The largest absolute Gasteiger partial charge is 0.352 e. The second-order valence-corrected chi connectivity index (χ2v) is 6.87. The van der Waals surface area contributed by atoms with Crippen molar-refractivity contribution in [3.63, 3.8) is 0 Å². The molecule has 0 saturated heterocycles. The number of carbonyl (C=O) groups excluding carboxylic acids is 1. The molecule has 3 N–H and O–H groups in total. The number of amides is 1. The lowest BCUT2D eigenvalue weighted by atomic mass is 10.2. The van der Waals surface area contributed by atoms with Crippen LogP contribution in [0.25, 0.3) is 11.2 Å². The van der Waals surface area contributed by atoms with Crippen molar-refractivity contribution in [2.75, 3.05) is 6.54 Å². The van der Waals surface area contributed by atoms with E-state index in [9.17, 15) is 4.79 Å². The second kappa shape index (κ2) is 6.65. The molecule has 9 heteroatoms. The van der Waals surface area contributed by atoms with E-state index >= 15 is 0 Å². The van der Waals surface area contributed by atoms with Gasteiger partial charge in [-0.3, -0.25) is 4.79 Å². The van der Waals surface area contributed by atoms with Gasteiger partial charge in [0.05, 0.1) is 17.6 Å². The molecule has 3 heterocycles. The van der Waals surface area contributed by atoms with Gasteiger partial charge in [0.15, 0.2) is 5.65 Å². The fraction of sp³-hybridized carbons (Fsp3) is 0.375. The molecule has 0 unspecified atom stereocenters. The summed E-state index contributed by atoms with van der Waals surface area (Å²) >= 11 is 11.9. The Bertz CT molecular complexity index is 930. The number of rotatable bonds is 6. The topological polar surface area (TPSA) is 90.3 Å². The summed E-state index contributed by atoms with van der Waals surface area (Å²) in [5.74, 6) is 1.28. The van der Waals surface area contributed by atoms with Crippen molar-refractivity contribution in [3.8, 4) is 0 Å². The third-order valence-corrected chi connectivity index (χ3v) is 5.05. The van der Waals surface area contributed by atoms with Crippen molar-refractivity contribution >= 4 is 40.3 Å². The van der Waals surface area contributed by atoms with Gasteiger partial charge in [-0.15, -0.1) is 0 Å². The quantitative estimate of drug-likeness (QED) is 0.454. The van der Waals surface area contributed by atoms with Crippen LogP contribution in [-0.4, -0.2) is 32.4 Å². The van der Waals surface area contributed by atoms with Crippen molar-refractivity contribution in [2.45, 2.75) is 31.7 Å². The SMILES string of the molecule is O=C(NCCC[n+]1c[nH]c(Cl)c1Cl)c1ccnc2nc(C3CC3)[nH]c12. The van der Waals surface area contributed by atoms with Crippen LogP contribution in [0.2, 0.25) is 10.3 Å². The standard InChI is InChI=1S/C16H16Cl2N6O/c17-12-13(18)24(8-21-12)7-1-5-20-16(25)10-4-6-19-15-11(10)22-14(23-15)9-2-3-9/h4,6,8-9H,1-3,5,7H2,(H2,19,20,22,23,25)/p+1. The van der Waals surface area contributed by atoms with Crippen LogP contribution in [-0.2, 0) is 6.54 Å². The molecule has 1 saturated carbocycles. The first-order valence-corrected chi connectivity index (χ1v) is 8.93. The summed E-state index contributed by atoms with van der Waals surface area (Å²) in [6.07, 6.45) is 6.35. The lowest BCUT2D eigenvalue weighted by molar-refractivity contribution is -0.693. The predicted molar refractivity (Wildman–Crippen MR) is 93.8 cm³/mol. The summed E-state index contributed by atoms with van der Waals surface area (Å²) in [6.45, 7) is 1.18. The van der Waals surface area contributed by atoms with Crippen molar-refractivity contribution in [1.82, 2.24) is 25.3 Å². The number of hydrogen-bond donors (Lipinski definition) is 3. The molecule has 0 radical (unpaired) electrons. The molecule has 0 aromatic carbocycles. The van der Waals surface area contributed by atoms with Crippen molar-refractivity contribution in [2.24, 2.45) is 0 Å². The van der Waals surface area contributed by atoms with Gasteiger partial charge in [-0.2, -0.15) is 0 Å². The molecular formula is C16H17Cl2N6O+. The number of imidazole rings is 2. The van der Waals surface area contributed by atoms with Gasteiger partial charge >= 0.3 is 0 Å². The molecule has 7 nitrogen and oxygen atoms in total. The van der Waals surface area contributed by atoms with E-state index in [4.69, 9.17) is 23.2 Å². The normalized spacial score (nSPS) is 14.2. The van der Waals surface area contributed by atoms with Gasteiger partial charge < -0.3 is 10.3 Å². The zero-order valence-electron chi connectivity index (χ0n) is 13.4. The maximum atomic E-state index is 12.5. The Kier molecular flexibility index (Phi) is 4.35.